The summed E-state index contributed by atoms with van der Waals surface area (Å²) in [4.78, 5) is 14.1. The summed E-state index contributed by atoms with van der Waals surface area (Å²) < 4.78 is 13.9. The second-order valence-electron chi connectivity index (χ2n) is 6.44. The first-order valence-electron chi connectivity index (χ1n) is 7.29. The minimum Gasteiger partial charge on any atom is -0.335 e. The highest BCUT2D eigenvalue weighted by Gasteiger charge is 2.33. The summed E-state index contributed by atoms with van der Waals surface area (Å²) in [6.45, 7) is 4.03. The van der Waals surface area contributed by atoms with Crippen molar-refractivity contribution in [3.8, 4) is 0 Å². The fourth-order valence-corrected chi connectivity index (χ4v) is 2.46. The molecule has 0 saturated heterocycles. The zero-order valence-electron chi connectivity index (χ0n) is 12.5. The van der Waals surface area contributed by atoms with Crippen LogP contribution in [0.25, 0.3) is 0 Å². The van der Waals surface area contributed by atoms with Crippen LogP contribution in [-0.2, 0) is 11.3 Å². The SMILES string of the molecule is CC(C)(N)CCC(=O)N(Cc1c(F)cccc1Cl)C1CC1. The monoisotopic (exact) mass is 312 g/mol. The maximum absolute atomic E-state index is 13.9. The van der Waals surface area contributed by atoms with E-state index in [0.717, 1.165) is 12.8 Å². The molecule has 0 unspecified atom stereocenters. The van der Waals surface area contributed by atoms with Gasteiger partial charge in [0.1, 0.15) is 5.82 Å². The maximum Gasteiger partial charge on any atom is 0.223 e. The molecule has 116 valence electrons. The molecule has 0 aromatic heterocycles. The Morgan fingerprint density at radius 2 is 2.14 bits per heavy atom. The minimum atomic E-state index is -0.374. The van der Waals surface area contributed by atoms with Gasteiger partial charge in [-0.3, -0.25) is 4.79 Å². The Hall–Kier alpha value is -1.13. The molecule has 0 aliphatic heterocycles. The molecule has 1 aromatic rings. The average Bonchev–Trinajstić information content (AvgIpc) is 3.19. The second-order valence-corrected chi connectivity index (χ2v) is 6.85. The van der Waals surface area contributed by atoms with Crippen molar-refractivity contribution in [2.24, 2.45) is 5.73 Å². The predicted molar refractivity (Wildman–Crippen MR) is 82.5 cm³/mol. The Morgan fingerprint density at radius 3 is 2.67 bits per heavy atom. The highest BCUT2D eigenvalue weighted by Crippen LogP contribution is 2.31. The molecule has 1 aliphatic rings. The van der Waals surface area contributed by atoms with E-state index >= 15 is 0 Å². The third-order valence-corrected chi connectivity index (χ3v) is 4.04. The fourth-order valence-electron chi connectivity index (χ4n) is 2.23. The van der Waals surface area contributed by atoms with Crippen molar-refractivity contribution in [1.29, 1.82) is 0 Å². The number of halogens is 2. The molecular weight excluding hydrogens is 291 g/mol. The van der Waals surface area contributed by atoms with E-state index in [1.807, 2.05) is 13.8 Å². The van der Waals surface area contributed by atoms with Crippen molar-refractivity contribution in [2.45, 2.75) is 57.7 Å². The lowest BCUT2D eigenvalue weighted by molar-refractivity contribution is -0.132. The lowest BCUT2D eigenvalue weighted by Crippen LogP contribution is -2.37. The molecule has 0 heterocycles. The number of hydrogen-bond acceptors (Lipinski definition) is 2. The average molecular weight is 313 g/mol. The molecular formula is C16H22ClFN2O. The smallest absolute Gasteiger partial charge is 0.223 e. The van der Waals surface area contributed by atoms with Crippen LogP contribution < -0.4 is 5.73 Å². The molecule has 1 aliphatic carbocycles. The summed E-state index contributed by atoms with van der Waals surface area (Å²) in [5.41, 5.74) is 5.94. The Labute approximate surface area is 130 Å². The van der Waals surface area contributed by atoms with Gasteiger partial charge in [0.05, 0.1) is 6.54 Å². The van der Waals surface area contributed by atoms with Gasteiger partial charge >= 0.3 is 0 Å². The van der Waals surface area contributed by atoms with E-state index < -0.39 is 0 Å². The van der Waals surface area contributed by atoms with Crippen LogP contribution in [0.5, 0.6) is 0 Å². The van der Waals surface area contributed by atoms with Crippen molar-refractivity contribution >= 4 is 17.5 Å². The lowest BCUT2D eigenvalue weighted by atomic mass is 9.99. The van der Waals surface area contributed by atoms with E-state index in [1.165, 1.54) is 6.07 Å². The van der Waals surface area contributed by atoms with Gasteiger partial charge in [-0.25, -0.2) is 4.39 Å². The lowest BCUT2D eigenvalue weighted by Gasteiger charge is -2.25. The van der Waals surface area contributed by atoms with E-state index in [2.05, 4.69) is 0 Å². The summed E-state index contributed by atoms with van der Waals surface area (Å²) >= 11 is 6.06. The zero-order valence-corrected chi connectivity index (χ0v) is 13.3. The highest BCUT2D eigenvalue weighted by molar-refractivity contribution is 6.31. The van der Waals surface area contributed by atoms with E-state index in [-0.39, 0.29) is 29.8 Å². The maximum atomic E-state index is 13.9. The van der Waals surface area contributed by atoms with E-state index in [1.54, 1.807) is 17.0 Å². The Bertz CT molecular complexity index is 503. The normalized spacial score (nSPS) is 15.1. The minimum absolute atomic E-state index is 0.0235. The van der Waals surface area contributed by atoms with Gasteiger partial charge in [-0.05, 0) is 45.2 Å². The molecule has 0 spiro atoms. The molecule has 1 fully saturated rings. The zero-order chi connectivity index (χ0) is 15.6. The molecule has 21 heavy (non-hydrogen) atoms. The van der Waals surface area contributed by atoms with Crippen LogP contribution in [0, 0.1) is 5.82 Å². The summed E-state index contributed by atoms with van der Waals surface area (Å²) in [6.07, 6.45) is 2.94. The van der Waals surface area contributed by atoms with E-state index in [9.17, 15) is 9.18 Å². The van der Waals surface area contributed by atoms with Gasteiger partial charge < -0.3 is 10.6 Å². The van der Waals surface area contributed by atoms with Crippen molar-refractivity contribution < 1.29 is 9.18 Å². The van der Waals surface area contributed by atoms with E-state index in [4.69, 9.17) is 17.3 Å². The van der Waals surface area contributed by atoms with Gasteiger partial charge in [0.2, 0.25) is 5.91 Å². The van der Waals surface area contributed by atoms with Gasteiger partial charge in [0.25, 0.3) is 0 Å². The molecule has 2 N–H and O–H groups in total. The third kappa shape index (κ3) is 4.68. The van der Waals surface area contributed by atoms with Gasteiger partial charge in [0, 0.05) is 28.6 Å². The predicted octanol–water partition coefficient (Wildman–Crippen LogP) is 3.49. The first-order valence-corrected chi connectivity index (χ1v) is 7.67. The van der Waals surface area contributed by atoms with E-state index in [0.29, 0.717) is 23.4 Å². The standard InChI is InChI=1S/C16H22ClFN2O/c1-16(2,19)9-8-15(21)20(11-6-7-11)10-12-13(17)4-3-5-14(12)18/h3-5,11H,6-10,19H2,1-2H3. The van der Waals surface area contributed by atoms with Crippen molar-refractivity contribution in [3.05, 3.63) is 34.6 Å². The van der Waals surface area contributed by atoms with Crippen LogP contribution >= 0.6 is 11.6 Å². The second kappa shape index (κ2) is 6.32. The fraction of sp³-hybridized carbons (Fsp3) is 0.562. The van der Waals surface area contributed by atoms with Gasteiger partial charge in [-0.2, -0.15) is 0 Å². The number of rotatable bonds is 6. The summed E-state index contributed by atoms with van der Waals surface area (Å²) in [7, 11) is 0. The number of nitrogens with zero attached hydrogens (tertiary/aromatic N) is 1. The van der Waals surface area contributed by atoms with Gasteiger partial charge in [-0.15, -0.1) is 0 Å². The van der Waals surface area contributed by atoms with Gasteiger partial charge in [0.15, 0.2) is 0 Å². The molecule has 1 amide bonds. The van der Waals surface area contributed by atoms with Crippen LogP contribution in [0.1, 0.15) is 45.1 Å². The van der Waals surface area contributed by atoms with Crippen LogP contribution in [-0.4, -0.2) is 22.4 Å². The molecule has 3 nitrogen and oxygen atoms in total. The van der Waals surface area contributed by atoms with Crippen molar-refractivity contribution in [3.63, 3.8) is 0 Å². The molecule has 2 rings (SSSR count). The Morgan fingerprint density at radius 1 is 1.48 bits per heavy atom. The first kappa shape index (κ1) is 16.2. The number of hydrogen-bond donors (Lipinski definition) is 1. The van der Waals surface area contributed by atoms with Crippen molar-refractivity contribution in [1.82, 2.24) is 4.90 Å². The Kier molecular flexibility index (Phi) is 4.89. The highest BCUT2D eigenvalue weighted by atomic mass is 35.5. The molecule has 5 heteroatoms. The van der Waals surface area contributed by atoms with Crippen molar-refractivity contribution in [2.75, 3.05) is 0 Å². The third-order valence-electron chi connectivity index (χ3n) is 3.68. The molecule has 1 aromatic carbocycles. The number of carbonyl (C=O) groups excluding carboxylic acids is 1. The van der Waals surface area contributed by atoms with Crippen LogP contribution in [0.15, 0.2) is 18.2 Å². The number of benzene rings is 1. The largest absolute Gasteiger partial charge is 0.335 e. The number of nitrogens with two attached hydrogens (primary N) is 1. The first-order chi connectivity index (χ1) is 9.78. The summed E-state index contributed by atoms with van der Waals surface area (Å²) in [6, 6.07) is 4.81. The molecule has 0 radical (unpaired) electrons. The quantitative estimate of drug-likeness (QED) is 0.874. The topological polar surface area (TPSA) is 46.3 Å². The molecule has 0 bridgehead atoms. The molecule has 1 saturated carbocycles. The summed E-state index contributed by atoms with van der Waals surface area (Å²) in [5, 5.41) is 0.368. The van der Waals surface area contributed by atoms with Crippen LogP contribution in [0.4, 0.5) is 4.39 Å². The Balaban J connectivity index is 2.08. The molecule has 0 atom stereocenters. The summed E-state index contributed by atoms with van der Waals surface area (Å²) in [5.74, 6) is -0.338. The van der Waals surface area contributed by atoms with Gasteiger partial charge in [-0.1, -0.05) is 17.7 Å². The van der Waals surface area contributed by atoms with Crippen LogP contribution in [0.2, 0.25) is 5.02 Å². The number of amides is 1. The number of carbonyl (C=O) groups is 1. The van der Waals surface area contributed by atoms with Crippen LogP contribution in [0.3, 0.4) is 0 Å².